The van der Waals surface area contributed by atoms with E-state index in [-0.39, 0.29) is 0 Å². The van der Waals surface area contributed by atoms with Crippen LogP contribution >= 0.6 is 34.9 Å². The molecule has 0 atom stereocenters. The SMILES string of the molecule is CCCCSc1nnc(CSc2nc3nc(C)cc(C)n3n2)s1. The molecule has 0 radical (unpaired) electrons. The smallest absolute Gasteiger partial charge is 0.216 e. The molecule has 0 spiro atoms. The fraction of sp³-hybridized carbons (Fsp3) is 0.500. The van der Waals surface area contributed by atoms with Gasteiger partial charge in [-0.15, -0.1) is 15.3 Å². The minimum absolute atomic E-state index is 0.651. The molecule has 0 amide bonds. The molecule has 0 aliphatic heterocycles. The van der Waals surface area contributed by atoms with E-state index in [0.717, 1.165) is 37.4 Å². The van der Waals surface area contributed by atoms with Crippen molar-refractivity contribution in [1.29, 1.82) is 0 Å². The predicted octanol–water partition coefficient (Wildman–Crippen LogP) is 3.78. The molecule has 0 fully saturated rings. The van der Waals surface area contributed by atoms with Gasteiger partial charge in [0.05, 0.1) is 5.75 Å². The Morgan fingerprint density at radius 3 is 2.87 bits per heavy atom. The lowest BCUT2D eigenvalue weighted by Crippen LogP contribution is -1.97. The van der Waals surface area contributed by atoms with Crippen molar-refractivity contribution in [3.05, 3.63) is 22.5 Å². The van der Waals surface area contributed by atoms with Crippen molar-refractivity contribution in [2.75, 3.05) is 5.75 Å². The van der Waals surface area contributed by atoms with Gasteiger partial charge in [-0.25, -0.2) is 9.50 Å². The molecule has 0 N–H and O–H groups in total. The maximum atomic E-state index is 4.49. The minimum Gasteiger partial charge on any atom is -0.216 e. The minimum atomic E-state index is 0.651. The van der Waals surface area contributed by atoms with Gasteiger partial charge in [-0.2, -0.15) is 4.98 Å². The summed E-state index contributed by atoms with van der Waals surface area (Å²) in [5.41, 5.74) is 1.99. The highest BCUT2D eigenvalue weighted by Gasteiger charge is 2.10. The van der Waals surface area contributed by atoms with Crippen LogP contribution in [0.25, 0.3) is 5.78 Å². The first-order chi connectivity index (χ1) is 11.2. The maximum Gasteiger partial charge on any atom is 0.253 e. The van der Waals surface area contributed by atoms with Crippen molar-refractivity contribution in [1.82, 2.24) is 29.8 Å². The number of unbranched alkanes of at least 4 members (excludes halogenated alkanes) is 1. The fourth-order valence-corrected chi connectivity index (χ4v) is 4.85. The number of nitrogens with zero attached hydrogens (tertiary/aromatic N) is 6. The Labute approximate surface area is 147 Å². The molecule has 3 aromatic heterocycles. The summed E-state index contributed by atoms with van der Waals surface area (Å²) in [6, 6.07) is 2.00. The van der Waals surface area contributed by atoms with Gasteiger partial charge < -0.3 is 0 Å². The Hall–Kier alpha value is -1.19. The van der Waals surface area contributed by atoms with Crippen LogP contribution in [0.4, 0.5) is 0 Å². The summed E-state index contributed by atoms with van der Waals surface area (Å²) in [5, 5.41) is 14.7. The second-order valence-electron chi connectivity index (χ2n) is 5.10. The average Bonchev–Trinajstić information content (AvgIpc) is 3.12. The van der Waals surface area contributed by atoms with Crippen LogP contribution in [0.5, 0.6) is 0 Å². The second kappa shape index (κ2) is 7.59. The van der Waals surface area contributed by atoms with Crippen LogP contribution < -0.4 is 0 Å². The van der Waals surface area contributed by atoms with Gasteiger partial charge in [-0.3, -0.25) is 0 Å². The Bertz CT molecular complexity index is 797. The van der Waals surface area contributed by atoms with E-state index in [0.29, 0.717) is 5.78 Å². The summed E-state index contributed by atoms with van der Waals surface area (Å²) in [7, 11) is 0. The number of hydrogen-bond acceptors (Lipinski definition) is 8. The molecule has 6 nitrogen and oxygen atoms in total. The van der Waals surface area contributed by atoms with Crippen LogP contribution in [-0.2, 0) is 5.75 Å². The van der Waals surface area contributed by atoms with Crippen LogP contribution in [0.2, 0.25) is 0 Å². The van der Waals surface area contributed by atoms with E-state index in [2.05, 4.69) is 32.2 Å². The zero-order chi connectivity index (χ0) is 16.2. The van der Waals surface area contributed by atoms with Crippen LogP contribution in [0.1, 0.15) is 36.2 Å². The van der Waals surface area contributed by atoms with Gasteiger partial charge in [0.15, 0.2) is 4.34 Å². The average molecular weight is 367 g/mol. The second-order valence-corrected chi connectivity index (χ2v) is 8.44. The molecule has 0 saturated heterocycles. The molecule has 3 heterocycles. The maximum absolute atomic E-state index is 4.49. The third-order valence-corrected chi connectivity index (χ3v) is 6.27. The first-order valence-corrected chi connectivity index (χ1v) is 10.2. The molecule has 0 aliphatic rings. The number of aromatic nitrogens is 6. The lowest BCUT2D eigenvalue weighted by atomic mass is 10.4. The van der Waals surface area contributed by atoms with Crippen molar-refractivity contribution < 1.29 is 0 Å². The summed E-state index contributed by atoms with van der Waals surface area (Å²) in [6.45, 7) is 6.17. The normalized spacial score (nSPS) is 11.4. The van der Waals surface area contributed by atoms with Gasteiger partial charge in [-0.1, -0.05) is 48.2 Å². The molecule has 3 rings (SSSR count). The van der Waals surface area contributed by atoms with Crippen LogP contribution in [0.3, 0.4) is 0 Å². The third kappa shape index (κ3) is 4.21. The lowest BCUT2D eigenvalue weighted by molar-refractivity contribution is 0.843. The summed E-state index contributed by atoms with van der Waals surface area (Å²) < 4.78 is 2.83. The molecule has 9 heteroatoms. The summed E-state index contributed by atoms with van der Waals surface area (Å²) in [6.07, 6.45) is 2.42. The van der Waals surface area contributed by atoms with Gasteiger partial charge in [0.1, 0.15) is 5.01 Å². The largest absolute Gasteiger partial charge is 0.253 e. The van der Waals surface area contributed by atoms with Crippen molar-refractivity contribution in [3.63, 3.8) is 0 Å². The molecule has 122 valence electrons. The van der Waals surface area contributed by atoms with Crippen LogP contribution in [0.15, 0.2) is 15.6 Å². The van der Waals surface area contributed by atoms with Gasteiger partial charge in [-0.05, 0) is 26.3 Å². The highest BCUT2D eigenvalue weighted by molar-refractivity contribution is 8.01. The quantitative estimate of drug-likeness (QED) is 0.465. The van der Waals surface area contributed by atoms with E-state index in [4.69, 9.17) is 0 Å². The summed E-state index contributed by atoms with van der Waals surface area (Å²) >= 11 is 5.01. The van der Waals surface area contributed by atoms with Gasteiger partial charge >= 0.3 is 0 Å². The van der Waals surface area contributed by atoms with Crippen LogP contribution in [-0.4, -0.2) is 35.5 Å². The third-order valence-electron chi connectivity index (χ3n) is 3.10. The first kappa shape index (κ1) is 16.7. The number of fused-ring (bicyclic) bond motifs is 1. The number of rotatable bonds is 7. The summed E-state index contributed by atoms with van der Waals surface area (Å²) in [5.74, 6) is 2.50. The number of aryl methyl sites for hydroxylation is 2. The highest BCUT2D eigenvalue weighted by atomic mass is 32.2. The zero-order valence-corrected chi connectivity index (χ0v) is 15.8. The van der Waals surface area contributed by atoms with Crippen molar-refractivity contribution in [2.45, 2.75) is 48.9 Å². The monoisotopic (exact) mass is 366 g/mol. The predicted molar refractivity (Wildman–Crippen MR) is 95.4 cm³/mol. The lowest BCUT2D eigenvalue weighted by Gasteiger charge is -1.97. The standard InChI is InChI=1S/C14H18N6S3/c1-4-5-6-21-14-18-17-11(23-14)8-22-13-16-12-15-9(2)7-10(3)20(12)19-13/h7H,4-6,8H2,1-3H3. The first-order valence-electron chi connectivity index (χ1n) is 7.44. The topological polar surface area (TPSA) is 68.9 Å². The Balaban J connectivity index is 1.63. The number of hydrogen-bond donors (Lipinski definition) is 0. The van der Waals surface area contributed by atoms with Gasteiger partial charge in [0, 0.05) is 17.1 Å². The molecular formula is C14H18N6S3. The Morgan fingerprint density at radius 1 is 1.17 bits per heavy atom. The van der Waals surface area contributed by atoms with E-state index in [9.17, 15) is 0 Å². The Morgan fingerprint density at radius 2 is 2.04 bits per heavy atom. The van der Waals surface area contributed by atoms with E-state index in [1.54, 1.807) is 39.4 Å². The van der Waals surface area contributed by atoms with Crippen molar-refractivity contribution in [3.8, 4) is 0 Å². The molecule has 0 bridgehead atoms. The van der Waals surface area contributed by atoms with E-state index >= 15 is 0 Å². The summed E-state index contributed by atoms with van der Waals surface area (Å²) in [4.78, 5) is 8.88. The molecule has 0 unspecified atom stereocenters. The van der Waals surface area contributed by atoms with Crippen molar-refractivity contribution >= 4 is 40.6 Å². The van der Waals surface area contributed by atoms with E-state index in [1.165, 1.54) is 12.8 Å². The van der Waals surface area contributed by atoms with E-state index < -0.39 is 0 Å². The molecule has 3 aromatic rings. The van der Waals surface area contributed by atoms with Gasteiger partial charge in [0.25, 0.3) is 5.78 Å². The molecule has 23 heavy (non-hydrogen) atoms. The van der Waals surface area contributed by atoms with Gasteiger partial charge in [0.2, 0.25) is 5.16 Å². The fourth-order valence-electron chi connectivity index (χ4n) is 1.99. The highest BCUT2D eigenvalue weighted by Crippen LogP contribution is 2.27. The molecule has 0 saturated carbocycles. The van der Waals surface area contributed by atoms with Crippen LogP contribution in [0, 0.1) is 13.8 Å². The molecule has 0 aromatic carbocycles. The molecule has 0 aliphatic carbocycles. The molecular weight excluding hydrogens is 348 g/mol. The zero-order valence-electron chi connectivity index (χ0n) is 13.3. The number of thioether (sulfide) groups is 2. The van der Waals surface area contributed by atoms with Crippen molar-refractivity contribution in [2.24, 2.45) is 0 Å². The Kier molecular flexibility index (Phi) is 5.50. The van der Waals surface area contributed by atoms with E-state index in [1.807, 2.05) is 19.9 Å².